The molecule has 8 nitrogen and oxygen atoms in total. The van der Waals surface area contributed by atoms with Crippen LogP contribution in [0.2, 0.25) is 0 Å². The summed E-state index contributed by atoms with van der Waals surface area (Å²) in [5.74, 6) is 0.0895. The van der Waals surface area contributed by atoms with Gasteiger partial charge in [-0.15, -0.1) is 0 Å². The summed E-state index contributed by atoms with van der Waals surface area (Å²) in [7, 11) is -3.34. The fraction of sp³-hybridized carbons (Fsp3) is 0.481. The fourth-order valence-electron chi connectivity index (χ4n) is 5.09. The molecule has 2 aromatic heterocycles. The number of alkyl halides is 3. The summed E-state index contributed by atoms with van der Waals surface area (Å²) in [6.07, 6.45) is -1.56. The van der Waals surface area contributed by atoms with Crippen LogP contribution >= 0.6 is 11.3 Å². The molecule has 0 saturated heterocycles. The molecular formula is C27H30F3N5O3S2. The lowest BCUT2D eigenvalue weighted by atomic mass is 9.87. The predicted octanol–water partition coefficient (Wildman–Crippen LogP) is 5.73. The van der Waals surface area contributed by atoms with E-state index in [1.807, 2.05) is 13.8 Å². The summed E-state index contributed by atoms with van der Waals surface area (Å²) in [5, 5.41) is 3.21. The molecule has 1 aliphatic heterocycles. The molecule has 3 heterocycles. The number of hydrogen-bond acceptors (Lipinski definition) is 8. The van der Waals surface area contributed by atoms with Crippen molar-refractivity contribution < 1.29 is 26.4 Å². The van der Waals surface area contributed by atoms with Gasteiger partial charge in [-0.25, -0.2) is 23.4 Å². The van der Waals surface area contributed by atoms with Crippen molar-refractivity contribution in [3.8, 4) is 0 Å². The highest BCUT2D eigenvalue weighted by atomic mass is 32.2. The van der Waals surface area contributed by atoms with E-state index in [2.05, 4.69) is 20.3 Å². The van der Waals surface area contributed by atoms with Crippen molar-refractivity contribution in [3.63, 3.8) is 0 Å². The van der Waals surface area contributed by atoms with E-state index in [-0.39, 0.29) is 59.0 Å². The van der Waals surface area contributed by atoms with E-state index in [4.69, 9.17) is 0 Å². The van der Waals surface area contributed by atoms with Gasteiger partial charge in [0, 0.05) is 5.69 Å². The van der Waals surface area contributed by atoms with Crippen LogP contribution in [0.3, 0.4) is 0 Å². The van der Waals surface area contributed by atoms with Crippen molar-refractivity contribution in [2.75, 3.05) is 16.0 Å². The number of benzene rings is 1. The summed E-state index contributed by atoms with van der Waals surface area (Å²) in [4.78, 5) is 28.3. The molecule has 0 radical (unpaired) electrons. The number of rotatable bonds is 8. The molecule has 5 rings (SSSR count). The summed E-state index contributed by atoms with van der Waals surface area (Å²) in [6.45, 7) is 5.68. The molecule has 1 fully saturated rings. The molecule has 0 spiro atoms. The lowest BCUT2D eigenvalue weighted by Crippen LogP contribution is -2.29. The number of carbonyl (C=O) groups excluding carboxylic acids is 1. The predicted molar refractivity (Wildman–Crippen MR) is 146 cm³/mol. The van der Waals surface area contributed by atoms with Crippen molar-refractivity contribution in [2.45, 2.75) is 70.1 Å². The number of amides is 1. The second kappa shape index (κ2) is 10.7. The zero-order chi connectivity index (χ0) is 28.8. The maximum Gasteiger partial charge on any atom is 0.433 e. The minimum atomic E-state index is -4.58. The molecule has 1 aliphatic carbocycles. The number of fused-ring (bicyclic) bond motifs is 1. The fourth-order valence-corrected chi connectivity index (χ4v) is 7.80. The van der Waals surface area contributed by atoms with Crippen LogP contribution in [0.1, 0.15) is 66.7 Å². The Morgan fingerprint density at radius 3 is 2.45 bits per heavy atom. The monoisotopic (exact) mass is 593 g/mol. The first-order valence-electron chi connectivity index (χ1n) is 13.1. The number of sulfone groups is 1. The normalized spacial score (nSPS) is 17.7. The van der Waals surface area contributed by atoms with Crippen LogP contribution < -0.4 is 10.2 Å². The average molecular weight is 594 g/mol. The Kier molecular flexibility index (Phi) is 7.64. The summed E-state index contributed by atoms with van der Waals surface area (Å²) >= 11 is 1.27. The van der Waals surface area contributed by atoms with Crippen LogP contribution in [0.15, 0.2) is 35.2 Å². The van der Waals surface area contributed by atoms with Crippen molar-refractivity contribution in [1.82, 2.24) is 15.0 Å². The lowest BCUT2D eigenvalue weighted by molar-refractivity contribution is -0.141. The molecule has 40 heavy (non-hydrogen) atoms. The number of halogens is 3. The maximum absolute atomic E-state index is 13.4. The molecule has 1 aromatic carbocycles. The molecule has 1 saturated carbocycles. The lowest BCUT2D eigenvalue weighted by Gasteiger charge is -2.28. The van der Waals surface area contributed by atoms with Crippen LogP contribution in [-0.4, -0.2) is 35.0 Å². The topological polar surface area (TPSA) is 105 Å². The van der Waals surface area contributed by atoms with Gasteiger partial charge in [0.05, 0.1) is 40.2 Å². The van der Waals surface area contributed by atoms with Crippen molar-refractivity contribution >= 4 is 38.2 Å². The first-order chi connectivity index (χ1) is 18.8. The third-order valence-corrected chi connectivity index (χ3v) is 10.1. The molecular weight excluding hydrogens is 563 g/mol. The second-order valence-corrected chi connectivity index (χ2v) is 13.9. The van der Waals surface area contributed by atoms with E-state index in [0.29, 0.717) is 16.4 Å². The van der Waals surface area contributed by atoms with Gasteiger partial charge in [-0.2, -0.15) is 13.2 Å². The van der Waals surface area contributed by atoms with E-state index >= 15 is 0 Å². The zero-order valence-corrected chi connectivity index (χ0v) is 24.0. The number of hydrogen-bond donors (Lipinski definition) is 1. The number of anilines is 2. The highest BCUT2D eigenvalue weighted by Gasteiger charge is 2.40. The largest absolute Gasteiger partial charge is 0.433 e. The Labute approximate surface area is 235 Å². The van der Waals surface area contributed by atoms with Gasteiger partial charge in [-0.3, -0.25) is 4.79 Å². The van der Waals surface area contributed by atoms with E-state index in [9.17, 15) is 26.4 Å². The van der Waals surface area contributed by atoms with Crippen molar-refractivity contribution in [3.05, 3.63) is 57.9 Å². The molecule has 2 aliphatic rings. The molecule has 13 heteroatoms. The molecule has 3 aromatic rings. The van der Waals surface area contributed by atoms with Gasteiger partial charge in [-0.1, -0.05) is 43.7 Å². The number of nitrogens with one attached hydrogen (secondary N) is 1. The van der Waals surface area contributed by atoms with Crippen molar-refractivity contribution in [2.24, 2.45) is 11.8 Å². The Morgan fingerprint density at radius 2 is 1.85 bits per heavy atom. The quantitative estimate of drug-likeness (QED) is 0.356. The van der Waals surface area contributed by atoms with Gasteiger partial charge >= 0.3 is 6.18 Å². The van der Waals surface area contributed by atoms with Crippen LogP contribution in [0.4, 0.5) is 24.3 Å². The van der Waals surface area contributed by atoms with E-state index in [1.165, 1.54) is 18.3 Å². The van der Waals surface area contributed by atoms with Gasteiger partial charge in [-0.05, 0) is 55.4 Å². The number of nitrogens with zero attached hydrogens (tertiary/aromatic N) is 4. The van der Waals surface area contributed by atoms with Crippen LogP contribution in [0.25, 0.3) is 0 Å². The Bertz CT molecular complexity index is 1520. The van der Waals surface area contributed by atoms with Gasteiger partial charge in [0.1, 0.15) is 5.69 Å². The third kappa shape index (κ3) is 5.99. The van der Waals surface area contributed by atoms with Gasteiger partial charge in [0.2, 0.25) is 11.9 Å². The molecule has 0 unspecified atom stereocenters. The summed E-state index contributed by atoms with van der Waals surface area (Å²) in [5.41, 5.74) is 0.597. The highest BCUT2D eigenvalue weighted by Crippen LogP contribution is 2.44. The molecule has 1 amide bonds. The minimum Gasteiger partial charge on any atom is -0.327 e. The summed E-state index contributed by atoms with van der Waals surface area (Å²) in [6, 6.07) is 6.97. The average Bonchev–Trinajstić information content (AvgIpc) is 3.38. The SMILES string of the molecule is Cc1cc(C(F)(F)F)nc(N2Cc3sc(NC(=O)Cc4ccc(S(=O)(=O)CC5CCC5)cc4)nc3[C@H]2C(C)C)n1. The summed E-state index contributed by atoms with van der Waals surface area (Å²) < 4.78 is 65.3. The van der Waals surface area contributed by atoms with E-state index < -0.39 is 21.7 Å². The number of thiazole rings is 1. The third-order valence-electron chi connectivity index (χ3n) is 7.25. The first kappa shape index (κ1) is 28.5. The van der Waals surface area contributed by atoms with Crippen LogP contribution in [-0.2, 0) is 33.8 Å². The smallest absolute Gasteiger partial charge is 0.327 e. The van der Waals surface area contributed by atoms with Crippen LogP contribution in [0.5, 0.6) is 0 Å². The van der Waals surface area contributed by atoms with Crippen molar-refractivity contribution in [1.29, 1.82) is 0 Å². The van der Waals surface area contributed by atoms with E-state index in [0.717, 1.165) is 30.2 Å². The number of aryl methyl sites for hydroxylation is 1. The minimum absolute atomic E-state index is 0.0000384. The van der Waals surface area contributed by atoms with E-state index in [1.54, 1.807) is 29.2 Å². The maximum atomic E-state index is 13.4. The zero-order valence-electron chi connectivity index (χ0n) is 22.3. The van der Waals surface area contributed by atoms with Gasteiger partial charge in [0.25, 0.3) is 0 Å². The first-order valence-corrected chi connectivity index (χ1v) is 15.6. The van der Waals surface area contributed by atoms with Crippen LogP contribution in [0, 0.1) is 18.8 Å². The standard InChI is InChI=1S/C27H30F3N5O3S2/c1-15(2)24-23-20(13-35(24)25-31-16(3)11-21(32-25)27(28,29)30)39-26(34-23)33-22(36)12-17-7-9-19(10-8-17)40(37,38)14-18-5-4-6-18/h7-11,15,18,24H,4-6,12-14H2,1-3H3,(H,33,34,36)/t24-/m1/s1. The molecule has 1 N–H and O–H groups in total. The number of carbonyl (C=O) groups is 1. The molecule has 214 valence electrons. The molecule has 1 atom stereocenters. The number of aromatic nitrogens is 3. The van der Waals surface area contributed by atoms with Gasteiger partial charge in [0.15, 0.2) is 15.0 Å². The Morgan fingerprint density at radius 1 is 1.15 bits per heavy atom. The highest BCUT2D eigenvalue weighted by molar-refractivity contribution is 7.91. The van der Waals surface area contributed by atoms with Gasteiger partial charge < -0.3 is 10.2 Å². The Balaban J connectivity index is 1.26. The molecule has 0 bridgehead atoms. The second-order valence-electron chi connectivity index (χ2n) is 10.8. The Hall–Kier alpha value is -3.06.